The zero-order valence-electron chi connectivity index (χ0n) is 11.3. The van der Waals surface area contributed by atoms with E-state index in [1.807, 2.05) is 6.92 Å². The molecular formula is C12H20N4O2. The lowest BCUT2D eigenvalue weighted by molar-refractivity contribution is -0.111. The molecule has 0 radical (unpaired) electrons. The molecule has 0 saturated heterocycles. The Hall–Kier alpha value is -1.43. The molecule has 2 atom stereocenters. The molecule has 1 aromatic heterocycles. The predicted octanol–water partition coefficient (Wildman–Crippen LogP) is 1.05. The minimum absolute atomic E-state index is 0.0446. The molecule has 6 heteroatoms. The van der Waals surface area contributed by atoms with Gasteiger partial charge in [0.2, 0.25) is 5.82 Å². The van der Waals surface area contributed by atoms with Crippen LogP contribution in [0.5, 0.6) is 0 Å². The van der Waals surface area contributed by atoms with E-state index >= 15 is 0 Å². The Morgan fingerprint density at radius 2 is 2.33 bits per heavy atom. The van der Waals surface area contributed by atoms with E-state index < -0.39 is 0 Å². The number of nitrogens with one attached hydrogen (secondary N) is 2. The Kier molecular flexibility index (Phi) is 3.38. The van der Waals surface area contributed by atoms with Gasteiger partial charge in [0.1, 0.15) is 5.82 Å². The van der Waals surface area contributed by atoms with Gasteiger partial charge in [-0.2, -0.15) is 0 Å². The maximum Gasteiger partial charge on any atom is 0.291 e. The zero-order chi connectivity index (χ0) is 13.3. The molecule has 2 N–H and O–H groups in total. The molecule has 1 aliphatic rings. The minimum atomic E-state index is -0.229. The Morgan fingerprint density at radius 3 is 2.83 bits per heavy atom. The summed E-state index contributed by atoms with van der Waals surface area (Å²) in [5, 5.41) is 9.47. The van der Waals surface area contributed by atoms with Crippen molar-refractivity contribution in [3.05, 3.63) is 11.6 Å². The average molecular weight is 252 g/mol. The number of aryl methyl sites for hydroxylation is 1. The van der Waals surface area contributed by atoms with E-state index in [0.29, 0.717) is 12.4 Å². The number of aromatic nitrogens is 3. The van der Waals surface area contributed by atoms with E-state index in [1.54, 1.807) is 6.92 Å². The maximum absolute atomic E-state index is 11.9. The standard InChI is InChI=1S/C12H20N4O2/c1-5-18-9-6-8(12(9,3)4)14-11(17)10-13-7(2)15-16-10/h8-9H,5-6H2,1-4H3,(H,14,17)(H,13,15,16). The summed E-state index contributed by atoms with van der Waals surface area (Å²) < 4.78 is 5.63. The number of hydrogen-bond acceptors (Lipinski definition) is 4. The number of ether oxygens (including phenoxy) is 1. The molecule has 0 aromatic carbocycles. The number of amides is 1. The Bertz CT molecular complexity index is 441. The van der Waals surface area contributed by atoms with Crippen molar-refractivity contribution < 1.29 is 9.53 Å². The molecule has 0 spiro atoms. The number of aromatic amines is 1. The molecule has 1 amide bonds. The first-order valence-electron chi connectivity index (χ1n) is 6.26. The summed E-state index contributed by atoms with van der Waals surface area (Å²) in [6.07, 6.45) is 1.05. The Balaban J connectivity index is 1.94. The lowest BCUT2D eigenvalue weighted by Gasteiger charge is -2.51. The zero-order valence-corrected chi connectivity index (χ0v) is 11.3. The number of H-pyrrole nitrogens is 1. The monoisotopic (exact) mass is 252 g/mol. The molecule has 1 fully saturated rings. The van der Waals surface area contributed by atoms with Crippen molar-refractivity contribution >= 4 is 5.91 Å². The van der Waals surface area contributed by atoms with Gasteiger partial charge in [-0.1, -0.05) is 13.8 Å². The fraction of sp³-hybridized carbons (Fsp3) is 0.750. The summed E-state index contributed by atoms with van der Waals surface area (Å²) in [6.45, 7) is 8.66. The summed E-state index contributed by atoms with van der Waals surface area (Å²) in [6, 6.07) is 0.111. The molecule has 0 aliphatic heterocycles. The highest BCUT2D eigenvalue weighted by atomic mass is 16.5. The smallest absolute Gasteiger partial charge is 0.291 e. The van der Waals surface area contributed by atoms with Gasteiger partial charge in [0.25, 0.3) is 5.91 Å². The molecule has 100 valence electrons. The number of hydrogen-bond donors (Lipinski definition) is 2. The fourth-order valence-electron chi connectivity index (χ4n) is 2.28. The molecule has 1 saturated carbocycles. The largest absolute Gasteiger partial charge is 0.378 e. The molecular weight excluding hydrogens is 232 g/mol. The molecule has 2 rings (SSSR count). The lowest BCUT2D eigenvalue weighted by atomic mass is 9.64. The SMILES string of the molecule is CCOC1CC(NC(=O)c2n[nH]c(C)n2)C1(C)C. The van der Waals surface area contributed by atoms with Gasteiger partial charge in [-0.3, -0.25) is 9.89 Å². The molecule has 1 aromatic rings. The van der Waals surface area contributed by atoms with Crippen LogP contribution in [0.15, 0.2) is 0 Å². The second kappa shape index (κ2) is 4.68. The van der Waals surface area contributed by atoms with Crippen molar-refractivity contribution in [3.8, 4) is 0 Å². The van der Waals surface area contributed by atoms with E-state index in [-0.39, 0.29) is 29.3 Å². The van der Waals surface area contributed by atoms with Crippen molar-refractivity contribution in [1.82, 2.24) is 20.5 Å². The molecule has 1 aliphatic carbocycles. The second-order valence-corrected chi connectivity index (χ2v) is 5.27. The fourth-order valence-corrected chi connectivity index (χ4v) is 2.28. The maximum atomic E-state index is 11.9. The van der Waals surface area contributed by atoms with Gasteiger partial charge >= 0.3 is 0 Å². The number of rotatable bonds is 4. The van der Waals surface area contributed by atoms with Gasteiger partial charge in [-0.05, 0) is 20.3 Å². The summed E-state index contributed by atoms with van der Waals surface area (Å²) in [7, 11) is 0. The normalized spacial score (nSPS) is 25.6. The van der Waals surface area contributed by atoms with Crippen LogP contribution in [0.3, 0.4) is 0 Å². The third-order valence-corrected chi connectivity index (χ3v) is 3.65. The Morgan fingerprint density at radius 1 is 1.61 bits per heavy atom. The van der Waals surface area contributed by atoms with E-state index in [1.165, 1.54) is 0 Å². The number of carbonyl (C=O) groups is 1. The number of carbonyl (C=O) groups excluding carboxylic acids is 1. The quantitative estimate of drug-likeness (QED) is 0.839. The highest BCUT2D eigenvalue weighted by Gasteiger charge is 2.49. The Labute approximate surface area is 107 Å². The van der Waals surface area contributed by atoms with Crippen LogP contribution < -0.4 is 5.32 Å². The topological polar surface area (TPSA) is 79.9 Å². The van der Waals surface area contributed by atoms with Gasteiger partial charge in [0.15, 0.2) is 0 Å². The van der Waals surface area contributed by atoms with Gasteiger partial charge in [-0.25, -0.2) is 4.98 Å². The van der Waals surface area contributed by atoms with Crippen molar-refractivity contribution in [2.24, 2.45) is 5.41 Å². The van der Waals surface area contributed by atoms with Crippen LogP contribution in [0.2, 0.25) is 0 Å². The first-order chi connectivity index (χ1) is 8.45. The van der Waals surface area contributed by atoms with Crippen molar-refractivity contribution in [1.29, 1.82) is 0 Å². The summed E-state index contributed by atoms with van der Waals surface area (Å²) in [4.78, 5) is 15.9. The van der Waals surface area contributed by atoms with Crippen LogP contribution in [0, 0.1) is 12.3 Å². The van der Waals surface area contributed by atoms with Crippen molar-refractivity contribution in [2.75, 3.05) is 6.61 Å². The summed E-state index contributed by atoms with van der Waals surface area (Å²) in [5.41, 5.74) is -0.0446. The van der Waals surface area contributed by atoms with E-state index in [9.17, 15) is 4.79 Å². The van der Waals surface area contributed by atoms with Crippen LogP contribution in [0.1, 0.15) is 43.6 Å². The number of nitrogens with zero attached hydrogens (tertiary/aromatic N) is 2. The van der Waals surface area contributed by atoms with Gasteiger partial charge in [0, 0.05) is 18.1 Å². The van der Waals surface area contributed by atoms with Crippen LogP contribution in [-0.4, -0.2) is 39.8 Å². The average Bonchev–Trinajstić information content (AvgIpc) is 2.74. The van der Waals surface area contributed by atoms with Crippen molar-refractivity contribution in [2.45, 2.75) is 46.3 Å². The van der Waals surface area contributed by atoms with E-state index in [4.69, 9.17) is 4.74 Å². The molecule has 2 unspecified atom stereocenters. The minimum Gasteiger partial charge on any atom is -0.378 e. The van der Waals surface area contributed by atoms with E-state index in [2.05, 4.69) is 34.3 Å². The predicted molar refractivity (Wildman–Crippen MR) is 66.2 cm³/mol. The van der Waals surface area contributed by atoms with Crippen LogP contribution in [0.4, 0.5) is 0 Å². The third kappa shape index (κ3) is 2.25. The highest BCUT2D eigenvalue weighted by molar-refractivity contribution is 5.90. The first-order valence-corrected chi connectivity index (χ1v) is 6.26. The molecule has 1 heterocycles. The third-order valence-electron chi connectivity index (χ3n) is 3.65. The molecule has 18 heavy (non-hydrogen) atoms. The molecule has 0 bridgehead atoms. The van der Waals surface area contributed by atoms with Crippen LogP contribution in [0.25, 0.3) is 0 Å². The van der Waals surface area contributed by atoms with Crippen molar-refractivity contribution in [3.63, 3.8) is 0 Å². The summed E-state index contributed by atoms with van der Waals surface area (Å²) >= 11 is 0. The lowest BCUT2D eigenvalue weighted by Crippen LogP contribution is -2.62. The van der Waals surface area contributed by atoms with E-state index in [0.717, 1.165) is 6.42 Å². The summed E-state index contributed by atoms with van der Waals surface area (Å²) in [5.74, 6) is 0.607. The highest BCUT2D eigenvalue weighted by Crippen LogP contribution is 2.42. The van der Waals surface area contributed by atoms with Gasteiger partial charge in [0.05, 0.1) is 6.10 Å². The molecule has 6 nitrogen and oxygen atoms in total. The van der Waals surface area contributed by atoms with Crippen LogP contribution >= 0.6 is 0 Å². The first kappa shape index (κ1) is 13.0. The van der Waals surface area contributed by atoms with Crippen LogP contribution in [-0.2, 0) is 4.74 Å². The van der Waals surface area contributed by atoms with Gasteiger partial charge in [-0.15, -0.1) is 5.10 Å². The van der Waals surface area contributed by atoms with Gasteiger partial charge < -0.3 is 10.1 Å². The second-order valence-electron chi connectivity index (χ2n) is 5.27.